The van der Waals surface area contributed by atoms with E-state index in [1.165, 1.54) is 37.6 Å². The number of nitrogens with two attached hydrogens (primary N) is 4. The second-order valence-electron chi connectivity index (χ2n) is 29.3. The first kappa shape index (κ1) is 96.1. The highest BCUT2D eigenvalue weighted by molar-refractivity contribution is 6.01. The predicted molar refractivity (Wildman–Crippen MR) is 429 cm³/mol. The second-order valence-corrected chi connectivity index (χ2v) is 29.3. The van der Waals surface area contributed by atoms with Gasteiger partial charge < -0.3 is 112 Å². The number of carboxylic acids is 1. The van der Waals surface area contributed by atoms with Gasteiger partial charge >= 0.3 is 5.97 Å². The number of primary amides is 2. The monoisotopic (exact) mass is 1670 g/mol. The number of carboxylic acid groups (broad SMARTS) is 1. The molecule has 0 aliphatic rings. The van der Waals surface area contributed by atoms with Crippen LogP contribution < -0.4 is 86.2 Å². The van der Waals surface area contributed by atoms with Crippen LogP contribution in [0.4, 0.5) is 4.39 Å². The molecule has 0 unspecified atom stereocenters. The van der Waals surface area contributed by atoms with E-state index >= 15 is 4.39 Å². The van der Waals surface area contributed by atoms with Crippen LogP contribution in [-0.4, -0.2) is 238 Å². The van der Waals surface area contributed by atoms with Gasteiger partial charge in [0.1, 0.15) is 71.5 Å². The van der Waals surface area contributed by atoms with Crippen molar-refractivity contribution in [1.82, 2.24) is 89.1 Å². The maximum atomic E-state index is 15.6. The molecule has 4 aromatic carbocycles. The molecule has 0 aliphatic heterocycles. The Bertz CT molecular complexity index is 4500. The first-order valence-electron chi connectivity index (χ1n) is 38.8. The van der Waals surface area contributed by atoms with Crippen molar-refractivity contribution < 1.29 is 96.7 Å². The normalized spacial score (nSPS) is 14.7. The number of carbonyl (C=O) groups excluding carboxylic acids is 13. The fourth-order valence-electron chi connectivity index (χ4n) is 12.6. The van der Waals surface area contributed by atoms with E-state index in [0.717, 1.165) is 73.1 Å². The van der Waals surface area contributed by atoms with Crippen LogP contribution in [0.2, 0.25) is 0 Å². The Labute approximate surface area is 690 Å². The van der Waals surface area contributed by atoms with E-state index in [1.54, 1.807) is 24.3 Å². The summed E-state index contributed by atoms with van der Waals surface area (Å²) in [4.78, 5) is 198. The zero-order chi connectivity index (χ0) is 88.5. The van der Waals surface area contributed by atoms with Gasteiger partial charge in [-0.2, -0.15) is 5.21 Å². The summed E-state index contributed by atoms with van der Waals surface area (Å²) in [7, 11) is 0. The first-order valence-corrected chi connectivity index (χ1v) is 38.8. The van der Waals surface area contributed by atoms with Gasteiger partial charge in [-0.15, -0.1) is 10.2 Å². The molecule has 41 heteroatoms. The maximum Gasteiger partial charge on any atom is 0.305 e. The van der Waals surface area contributed by atoms with E-state index in [9.17, 15) is 87.5 Å². The highest BCUT2D eigenvalue weighted by Crippen LogP contribution is 2.29. The van der Waals surface area contributed by atoms with E-state index in [1.807, 2.05) is 57.2 Å². The van der Waals surface area contributed by atoms with Gasteiger partial charge in [-0.25, -0.2) is 9.37 Å². The molecule has 13 atom stereocenters. The van der Waals surface area contributed by atoms with Crippen molar-refractivity contribution in [3.63, 3.8) is 0 Å². The lowest BCUT2D eigenvalue weighted by atomic mass is 9.90. The molecule has 120 heavy (non-hydrogen) atoms. The number of benzene rings is 4. The van der Waals surface area contributed by atoms with Crippen molar-refractivity contribution in [2.45, 2.75) is 210 Å². The third kappa shape index (κ3) is 30.6. The van der Waals surface area contributed by atoms with Crippen LogP contribution in [0.25, 0.3) is 11.1 Å². The number of nitrogens with one attached hydrogen (secondary N) is 13. The van der Waals surface area contributed by atoms with Gasteiger partial charge in [0.25, 0.3) is 0 Å². The quantitative estimate of drug-likeness (QED) is 0.0162. The predicted octanol–water partition coefficient (Wildman–Crippen LogP) is -4.00. The molecular formula is C79H108FN21O19. The van der Waals surface area contributed by atoms with Gasteiger partial charge in [0.05, 0.1) is 56.5 Å². The molecule has 0 spiro atoms. The van der Waals surface area contributed by atoms with Crippen LogP contribution in [0, 0.1) is 19.7 Å². The highest BCUT2D eigenvalue weighted by atomic mass is 19.1. The number of imidazole rings is 1. The molecule has 0 aliphatic carbocycles. The Balaban J connectivity index is 1.16. The lowest BCUT2D eigenvalue weighted by molar-refractivity contribution is -0.142. The number of aliphatic hydroxyl groups excluding tert-OH is 3. The number of aliphatic carboxylic acids is 1. The lowest BCUT2D eigenvalue weighted by Crippen LogP contribution is -2.67. The summed E-state index contributed by atoms with van der Waals surface area (Å²) in [5, 5.41) is 82.0. The molecule has 0 saturated heterocycles. The van der Waals surface area contributed by atoms with Gasteiger partial charge in [-0.1, -0.05) is 90.0 Å². The standard InChI is InChI=1S/C79H108FN21O19/c1-8-48-32-52(120-27-12-11-26-81)22-23-53(48)49-20-18-46(19-21-49)31-57(73(114)89-56(68(84)109)17-13-14-47-29-41(2)28-42(3)30-47)92-74(115)60(35-65(107)108)93-75(116)61(39-102)94-76(117)66(44(5)103)96-78(119)79(7,36-50-15-9-10-16-54(50)80)97-77(118)67(45(6)104)95-64(106)38-86-71(112)59(34-63-98-100-101-99-63)90-69(110)43(4)88-72(113)58(33-51-37-85-40-87-51)91-70(111)55(82)24-25-62(83)105/h9-10,15-16,18-23,28-30,32,37,40,43-45,55-61,66-67,102-104H,8,11-14,17,24-27,31,33-36,38-39,81-82H2,1-7H3,(H2,83,105)(H2,84,109)(H,85,87)(H,86,112)(H,88,113)(H,89,114)(H,90,110)(H,91,111)(H,92,115)(H,93,116)(H,94,117)(H,95,106)(H,96,119)(H,97,118)(H,107,108)(H,98,99,100,101)/t43-,44+,45+,55-,56-,57-,58-,59-,60-,61-,66-,67-,79-/m0/s1. The Kier molecular flexibility index (Phi) is 37.7. The Morgan fingerprint density at radius 1 is 0.625 bits per heavy atom. The third-order valence-corrected chi connectivity index (χ3v) is 19.1. The SMILES string of the molecule is CCc1cc(OCCCCN)ccc1-c1ccc(C[C@H](NC(=O)[C@H](CC(=O)O)NC(=O)[C@H](CO)NC(=O)[C@@H](NC(=O)[C@](C)(Cc2ccccc2F)NC(=O)[C@@H](NC(=O)CNC(=O)[C@H](Cc2nn[nH]n2)NC(=O)[C@H](C)NC(=O)[C@H](Cc2c[nH]cn2)NC(=O)[C@@H](N)CCC(N)=O)[C@@H](C)O)[C@@H](C)O)C(=O)N[C@@H](CCCc2cc(C)cc(C)c2)C(N)=O)cc1. The number of rotatable bonds is 50. The van der Waals surface area contributed by atoms with Crippen LogP contribution in [0.5, 0.6) is 5.75 Å². The number of unbranched alkanes of at least 4 members (excludes halogenated alkanes) is 1. The number of hydrogen-bond acceptors (Lipinski definition) is 24. The van der Waals surface area contributed by atoms with Crippen LogP contribution in [0.1, 0.15) is 124 Å². The molecule has 25 N–H and O–H groups in total. The zero-order valence-corrected chi connectivity index (χ0v) is 67.6. The molecule has 6 rings (SSSR count). The minimum absolute atomic E-state index is 0.0651. The summed E-state index contributed by atoms with van der Waals surface area (Å²) in [6.45, 7) is 8.91. The summed E-state index contributed by atoms with van der Waals surface area (Å²) in [5.74, 6) is -16.4. The van der Waals surface area contributed by atoms with E-state index in [4.69, 9.17) is 27.7 Å². The average molecular weight is 1670 g/mol. The zero-order valence-electron chi connectivity index (χ0n) is 67.6. The summed E-state index contributed by atoms with van der Waals surface area (Å²) >= 11 is 0. The topological polar surface area (TPSA) is 649 Å². The largest absolute Gasteiger partial charge is 0.494 e. The summed E-state index contributed by atoms with van der Waals surface area (Å²) in [6.07, 6.45) is -1.13. The molecule has 13 amide bonds. The van der Waals surface area contributed by atoms with Crippen LogP contribution in [-0.2, 0) is 106 Å². The number of amides is 13. The summed E-state index contributed by atoms with van der Waals surface area (Å²) in [6, 6.07) is 6.56. The summed E-state index contributed by atoms with van der Waals surface area (Å²) in [5.41, 5.74) is 26.4. The number of aryl methyl sites for hydroxylation is 4. The molecule has 0 saturated carbocycles. The molecule has 0 bridgehead atoms. The molecule has 650 valence electrons. The molecule has 0 radical (unpaired) electrons. The van der Waals surface area contributed by atoms with E-state index in [2.05, 4.69) is 89.1 Å². The molecule has 2 heterocycles. The number of tetrazole rings is 1. The molecule has 0 fully saturated rings. The van der Waals surface area contributed by atoms with E-state index in [-0.39, 0.29) is 43.5 Å². The Hall–Kier alpha value is -12.7. The van der Waals surface area contributed by atoms with Gasteiger partial charge in [-0.05, 0) is 145 Å². The minimum atomic E-state index is -2.44. The van der Waals surface area contributed by atoms with Gasteiger partial charge in [0.15, 0.2) is 5.82 Å². The van der Waals surface area contributed by atoms with Gasteiger partial charge in [0.2, 0.25) is 76.8 Å². The number of ether oxygens (including phenoxy) is 1. The van der Waals surface area contributed by atoms with Crippen LogP contribution in [0.15, 0.2) is 97.5 Å². The van der Waals surface area contributed by atoms with Crippen molar-refractivity contribution in [3.05, 3.63) is 148 Å². The highest BCUT2D eigenvalue weighted by Gasteiger charge is 2.43. The first-order chi connectivity index (χ1) is 56.9. The van der Waals surface area contributed by atoms with Crippen molar-refractivity contribution in [2.24, 2.45) is 22.9 Å². The maximum absolute atomic E-state index is 15.6. The number of nitrogens with zero attached hydrogens (tertiary/aromatic N) is 4. The number of halogens is 1. The minimum Gasteiger partial charge on any atom is -0.494 e. The van der Waals surface area contributed by atoms with E-state index in [0.29, 0.717) is 49.4 Å². The fraction of sp³-hybridized carbons (Fsp3) is 0.468. The van der Waals surface area contributed by atoms with Crippen molar-refractivity contribution >= 4 is 82.8 Å². The third-order valence-electron chi connectivity index (χ3n) is 19.1. The fourth-order valence-corrected chi connectivity index (χ4v) is 12.6. The second kappa shape index (κ2) is 47.0. The molecule has 40 nitrogen and oxygen atoms in total. The molecular weight excluding hydrogens is 1570 g/mol. The molecule has 2 aromatic heterocycles. The van der Waals surface area contributed by atoms with Gasteiger partial charge in [-0.3, -0.25) is 67.1 Å². The van der Waals surface area contributed by atoms with Crippen molar-refractivity contribution in [2.75, 3.05) is 26.3 Å². The number of carbonyl (C=O) groups is 14. The average Bonchev–Trinajstić information content (AvgIpc) is 0.837. The number of aliphatic hydroxyl groups is 3. The van der Waals surface area contributed by atoms with E-state index < -0.39 is 199 Å². The number of aromatic nitrogens is 6. The lowest BCUT2D eigenvalue weighted by Gasteiger charge is -2.34. The smallest absolute Gasteiger partial charge is 0.305 e. The molecule has 6 aromatic rings. The van der Waals surface area contributed by atoms with Crippen LogP contribution >= 0.6 is 0 Å². The number of hydrogen-bond donors (Lipinski definition) is 21. The Morgan fingerprint density at radius 2 is 1.23 bits per heavy atom. The number of aromatic amines is 2. The Morgan fingerprint density at radius 3 is 1.84 bits per heavy atom. The number of H-pyrrole nitrogens is 2. The van der Waals surface area contributed by atoms with Crippen molar-refractivity contribution in [1.29, 1.82) is 0 Å². The van der Waals surface area contributed by atoms with Crippen LogP contribution in [0.3, 0.4) is 0 Å². The summed E-state index contributed by atoms with van der Waals surface area (Å²) < 4.78 is 21.5. The van der Waals surface area contributed by atoms with Crippen molar-refractivity contribution in [3.8, 4) is 16.9 Å². The van der Waals surface area contributed by atoms with Gasteiger partial charge in [0, 0.05) is 38.3 Å².